The minimum Gasteiger partial charge on any atom is -0.480 e. The number of nitrogens with one attached hydrogen (secondary N) is 1. The molecule has 3 N–H and O–H groups in total. The Morgan fingerprint density at radius 1 is 1.50 bits per heavy atom. The van der Waals surface area contributed by atoms with Gasteiger partial charge in [0.05, 0.1) is 6.61 Å². The van der Waals surface area contributed by atoms with Gasteiger partial charge in [-0.2, -0.15) is 0 Å². The van der Waals surface area contributed by atoms with Gasteiger partial charge >= 0.3 is 0 Å². The second kappa shape index (κ2) is 8.79. The molecule has 1 rings (SSSR count). The number of carbonyl (C=O) groups is 1. The lowest BCUT2D eigenvalue weighted by Crippen LogP contribution is -2.33. The fraction of sp³-hybridized carbons (Fsp3) is 0.500. The zero-order valence-electron chi connectivity index (χ0n) is 11.8. The van der Waals surface area contributed by atoms with E-state index in [1.807, 2.05) is 13.0 Å². The largest absolute Gasteiger partial charge is 0.480 e. The number of amides is 1. The molecule has 1 aromatic carbocycles. The summed E-state index contributed by atoms with van der Waals surface area (Å²) in [5.74, 6) is 0.144. The number of primary amides is 1. The van der Waals surface area contributed by atoms with Crippen molar-refractivity contribution in [1.82, 2.24) is 5.32 Å². The van der Waals surface area contributed by atoms with Crippen molar-refractivity contribution >= 4 is 17.5 Å². The molecule has 6 heteroatoms. The van der Waals surface area contributed by atoms with E-state index in [0.717, 1.165) is 12.1 Å². The molecule has 0 bridgehead atoms. The quantitative estimate of drug-likeness (QED) is 0.681. The Bertz CT molecular complexity index is 440. The molecule has 1 unspecified atom stereocenters. The number of carbonyl (C=O) groups excluding carboxylic acids is 1. The molecule has 1 amide bonds. The van der Waals surface area contributed by atoms with Gasteiger partial charge in [0, 0.05) is 30.8 Å². The molecular formula is C14H21ClN2O3. The highest BCUT2D eigenvalue weighted by atomic mass is 35.5. The Kier molecular flexibility index (Phi) is 7.36. The van der Waals surface area contributed by atoms with Gasteiger partial charge in [-0.15, -0.1) is 0 Å². The molecule has 0 saturated heterocycles. The SMILES string of the molecule is CCC(Oc1ccc(Cl)cc1CNCCOC)C(N)=O. The molecular weight excluding hydrogens is 280 g/mol. The summed E-state index contributed by atoms with van der Waals surface area (Å²) in [6.45, 7) is 3.77. The Labute approximate surface area is 124 Å². The molecule has 0 aromatic heterocycles. The third kappa shape index (κ3) is 5.36. The topological polar surface area (TPSA) is 73.6 Å². The minimum absolute atomic E-state index is 0.472. The fourth-order valence-corrected chi connectivity index (χ4v) is 1.89. The Morgan fingerprint density at radius 2 is 2.25 bits per heavy atom. The predicted molar refractivity (Wildman–Crippen MR) is 78.9 cm³/mol. The summed E-state index contributed by atoms with van der Waals surface area (Å²) in [6, 6.07) is 5.29. The van der Waals surface area contributed by atoms with E-state index in [9.17, 15) is 4.79 Å². The summed E-state index contributed by atoms with van der Waals surface area (Å²) < 4.78 is 10.6. The van der Waals surface area contributed by atoms with Crippen LogP contribution in [0, 0.1) is 0 Å². The van der Waals surface area contributed by atoms with E-state index in [4.69, 9.17) is 26.8 Å². The third-order valence-corrected chi connectivity index (χ3v) is 3.01. The smallest absolute Gasteiger partial charge is 0.258 e. The number of rotatable bonds is 9. The molecule has 112 valence electrons. The number of hydrogen-bond donors (Lipinski definition) is 2. The molecule has 0 saturated carbocycles. The predicted octanol–water partition coefficient (Wildman–Crippen LogP) is 1.72. The van der Waals surface area contributed by atoms with Crippen molar-refractivity contribution < 1.29 is 14.3 Å². The van der Waals surface area contributed by atoms with Crippen LogP contribution in [0.1, 0.15) is 18.9 Å². The van der Waals surface area contributed by atoms with Gasteiger partial charge in [-0.1, -0.05) is 18.5 Å². The number of ether oxygens (including phenoxy) is 2. The van der Waals surface area contributed by atoms with Crippen LogP contribution in [0.15, 0.2) is 18.2 Å². The second-order valence-corrected chi connectivity index (χ2v) is 4.78. The highest BCUT2D eigenvalue weighted by Crippen LogP contribution is 2.24. The van der Waals surface area contributed by atoms with E-state index >= 15 is 0 Å². The molecule has 0 aliphatic carbocycles. The Hall–Kier alpha value is -1.30. The molecule has 1 atom stereocenters. The van der Waals surface area contributed by atoms with E-state index in [2.05, 4.69) is 5.32 Å². The first-order valence-corrected chi connectivity index (χ1v) is 6.90. The lowest BCUT2D eigenvalue weighted by atomic mass is 10.2. The molecule has 1 aromatic rings. The number of halogens is 1. The van der Waals surface area contributed by atoms with Crippen LogP contribution in [0.4, 0.5) is 0 Å². The van der Waals surface area contributed by atoms with Crippen molar-refractivity contribution in [3.8, 4) is 5.75 Å². The maximum Gasteiger partial charge on any atom is 0.258 e. The van der Waals surface area contributed by atoms with Crippen LogP contribution in [-0.2, 0) is 16.1 Å². The maximum absolute atomic E-state index is 11.3. The van der Waals surface area contributed by atoms with Crippen LogP contribution < -0.4 is 15.8 Å². The van der Waals surface area contributed by atoms with E-state index in [1.54, 1.807) is 19.2 Å². The summed E-state index contributed by atoms with van der Waals surface area (Å²) in [5, 5.41) is 3.83. The van der Waals surface area contributed by atoms with Crippen molar-refractivity contribution in [3.05, 3.63) is 28.8 Å². The molecule has 20 heavy (non-hydrogen) atoms. The normalized spacial score (nSPS) is 12.2. The van der Waals surface area contributed by atoms with E-state index in [0.29, 0.717) is 30.3 Å². The molecule has 0 spiro atoms. The zero-order chi connectivity index (χ0) is 15.0. The van der Waals surface area contributed by atoms with Gasteiger partial charge < -0.3 is 20.5 Å². The van der Waals surface area contributed by atoms with Gasteiger partial charge in [-0.25, -0.2) is 0 Å². The van der Waals surface area contributed by atoms with Crippen molar-refractivity contribution in [1.29, 1.82) is 0 Å². The van der Waals surface area contributed by atoms with Crippen molar-refractivity contribution in [2.45, 2.75) is 26.0 Å². The monoisotopic (exact) mass is 300 g/mol. The maximum atomic E-state index is 11.3. The highest BCUT2D eigenvalue weighted by molar-refractivity contribution is 6.30. The van der Waals surface area contributed by atoms with E-state index in [-0.39, 0.29) is 0 Å². The molecule has 0 aliphatic rings. The summed E-state index contributed by atoms with van der Waals surface area (Å²) in [4.78, 5) is 11.3. The van der Waals surface area contributed by atoms with Gasteiger partial charge in [-0.05, 0) is 24.6 Å². The number of nitrogens with two attached hydrogens (primary N) is 1. The third-order valence-electron chi connectivity index (χ3n) is 2.78. The van der Waals surface area contributed by atoms with Crippen LogP contribution in [0.3, 0.4) is 0 Å². The first kappa shape index (κ1) is 16.8. The Morgan fingerprint density at radius 3 is 2.85 bits per heavy atom. The standard InChI is InChI=1S/C14H21ClN2O3/c1-3-12(14(16)18)20-13-5-4-11(15)8-10(13)9-17-6-7-19-2/h4-5,8,12,17H,3,6-7,9H2,1-2H3,(H2,16,18). The average Bonchev–Trinajstić information content (AvgIpc) is 2.42. The van der Waals surface area contributed by atoms with Crippen LogP contribution in [-0.4, -0.2) is 32.3 Å². The fourth-order valence-electron chi connectivity index (χ4n) is 1.69. The van der Waals surface area contributed by atoms with Gasteiger partial charge in [0.2, 0.25) is 0 Å². The minimum atomic E-state index is -0.631. The van der Waals surface area contributed by atoms with Crippen molar-refractivity contribution in [3.63, 3.8) is 0 Å². The van der Waals surface area contributed by atoms with Crippen LogP contribution in [0.25, 0.3) is 0 Å². The molecule has 0 heterocycles. The van der Waals surface area contributed by atoms with Gasteiger partial charge in [0.1, 0.15) is 5.75 Å². The van der Waals surface area contributed by atoms with Crippen molar-refractivity contribution in [2.75, 3.05) is 20.3 Å². The zero-order valence-corrected chi connectivity index (χ0v) is 12.6. The molecule has 0 radical (unpaired) electrons. The first-order chi connectivity index (χ1) is 9.58. The van der Waals surface area contributed by atoms with E-state index < -0.39 is 12.0 Å². The van der Waals surface area contributed by atoms with Crippen LogP contribution in [0.2, 0.25) is 5.02 Å². The lowest BCUT2D eigenvalue weighted by molar-refractivity contribution is -0.124. The first-order valence-electron chi connectivity index (χ1n) is 6.52. The van der Waals surface area contributed by atoms with Crippen LogP contribution >= 0.6 is 11.6 Å². The number of hydrogen-bond acceptors (Lipinski definition) is 4. The average molecular weight is 301 g/mol. The van der Waals surface area contributed by atoms with Gasteiger partial charge in [-0.3, -0.25) is 4.79 Å². The highest BCUT2D eigenvalue weighted by Gasteiger charge is 2.16. The van der Waals surface area contributed by atoms with E-state index in [1.165, 1.54) is 0 Å². The molecule has 0 aliphatic heterocycles. The lowest BCUT2D eigenvalue weighted by Gasteiger charge is -2.17. The summed E-state index contributed by atoms with van der Waals surface area (Å²) in [6.07, 6.45) is -0.108. The number of benzene rings is 1. The second-order valence-electron chi connectivity index (χ2n) is 4.34. The summed E-state index contributed by atoms with van der Waals surface area (Å²) in [5.41, 5.74) is 6.18. The molecule has 5 nitrogen and oxygen atoms in total. The summed E-state index contributed by atoms with van der Waals surface area (Å²) in [7, 11) is 1.65. The van der Waals surface area contributed by atoms with Gasteiger partial charge in [0.15, 0.2) is 6.10 Å². The number of methoxy groups -OCH3 is 1. The van der Waals surface area contributed by atoms with Gasteiger partial charge in [0.25, 0.3) is 5.91 Å². The molecule has 0 fully saturated rings. The van der Waals surface area contributed by atoms with Crippen molar-refractivity contribution in [2.24, 2.45) is 5.73 Å². The summed E-state index contributed by atoms with van der Waals surface area (Å²) >= 11 is 5.99. The Balaban J connectivity index is 2.75. The van der Waals surface area contributed by atoms with Crippen LogP contribution in [0.5, 0.6) is 5.75 Å².